The van der Waals surface area contributed by atoms with Crippen LogP contribution < -0.4 is 15.6 Å². The van der Waals surface area contributed by atoms with Gasteiger partial charge in [0.05, 0.1) is 18.3 Å². The van der Waals surface area contributed by atoms with Gasteiger partial charge in [-0.1, -0.05) is 6.07 Å². The number of carbonyl (C=O) groups excluding carboxylic acids is 1. The number of fused-ring (bicyclic) bond motifs is 1. The summed E-state index contributed by atoms with van der Waals surface area (Å²) in [6.45, 7) is 1.47. The summed E-state index contributed by atoms with van der Waals surface area (Å²) in [4.78, 5) is 26.2. The van der Waals surface area contributed by atoms with Gasteiger partial charge in [-0.05, 0) is 12.1 Å². The van der Waals surface area contributed by atoms with Crippen molar-refractivity contribution in [3.63, 3.8) is 0 Å². The summed E-state index contributed by atoms with van der Waals surface area (Å²) in [5, 5.41) is 11.4. The Bertz CT molecular complexity index is 720. The monoisotopic (exact) mass is 318 g/mol. The summed E-state index contributed by atoms with van der Waals surface area (Å²) in [6, 6.07) is 6.50. The molecule has 1 aromatic carbocycles. The number of ether oxygens (including phenoxy) is 1. The van der Waals surface area contributed by atoms with E-state index >= 15 is 0 Å². The minimum absolute atomic E-state index is 0.0600. The highest BCUT2D eigenvalue weighted by Crippen LogP contribution is 2.27. The molecule has 2 rings (SSSR count). The lowest BCUT2D eigenvalue weighted by Crippen LogP contribution is -2.30. The first kappa shape index (κ1) is 16.5. The maximum Gasteiger partial charge on any atom is 0.238 e. The maximum atomic E-state index is 11.8. The predicted molar refractivity (Wildman–Crippen MR) is 85.8 cm³/mol. The number of hydrogen-bond acceptors (Lipinski definition) is 6. The van der Waals surface area contributed by atoms with Crippen LogP contribution in [0.25, 0.3) is 10.9 Å². The molecule has 0 radical (unpaired) electrons. The fourth-order valence-electron chi connectivity index (χ4n) is 2.02. The fourth-order valence-corrected chi connectivity index (χ4v) is 2.02. The van der Waals surface area contributed by atoms with Crippen LogP contribution in [-0.2, 0) is 4.79 Å². The van der Waals surface area contributed by atoms with E-state index in [2.05, 4.69) is 15.8 Å². The van der Waals surface area contributed by atoms with E-state index < -0.39 is 11.0 Å². The van der Waals surface area contributed by atoms with Crippen molar-refractivity contribution in [3.05, 3.63) is 40.6 Å². The smallest absolute Gasteiger partial charge is 0.238 e. The van der Waals surface area contributed by atoms with E-state index in [0.717, 1.165) is 5.39 Å². The second-order valence-electron chi connectivity index (χ2n) is 5.10. The molecular formula is C15H18N4O4. The summed E-state index contributed by atoms with van der Waals surface area (Å²) < 4.78 is 5.22. The third kappa shape index (κ3) is 4.29. The molecule has 0 spiro atoms. The molecule has 0 saturated carbocycles. The van der Waals surface area contributed by atoms with Crippen LogP contribution in [0.4, 0.5) is 5.69 Å². The molecule has 1 unspecified atom stereocenters. The van der Waals surface area contributed by atoms with E-state index in [-0.39, 0.29) is 18.7 Å². The molecule has 2 N–H and O–H groups in total. The van der Waals surface area contributed by atoms with Crippen molar-refractivity contribution in [3.8, 4) is 5.75 Å². The van der Waals surface area contributed by atoms with Crippen LogP contribution in [0.2, 0.25) is 0 Å². The van der Waals surface area contributed by atoms with Gasteiger partial charge in [0.25, 0.3) is 0 Å². The highest BCUT2D eigenvalue weighted by Gasteiger charge is 2.15. The minimum atomic E-state index is -0.750. The molecule has 0 aliphatic rings. The number of nitrogens with zero attached hydrogens (tertiary/aromatic N) is 2. The zero-order valence-corrected chi connectivity index (χ0v) is 12.9. The van der Waals surface area contributed by atoms with E-state index in [0.29, 0.717) is 17.0 Å². The van der Waals surface area contributed by atoms with Crippen molar-refractivity contribution in [1.29, 1.82) is 0 Å². The second-order valence-corrected chi connectivity index (χ2v) is 5.10. The zero-order chi connectivity index (χ0) is 16.8. The highest BCUT2D eigenvalue weighted by molar-refractivity contribution is 5.92. The number of aromatic nitrogens is 1. The molecule has 2 aromatic rings. The van der Waals surface area contributed by atoms with Crippen molar-refractivity contribution in [2.24, 2.45) is 0 Å². The third-order valence-corrected chi connectivity index (χ3v) is 3.40. The number of nitro groups is 1. The molecule has 23 heavy (non-hydrogen) atoms. The first-order valence-corrected chi connectivity index (χ1v) is 7.12. The molecule has 1 amide bonds. The lowest BCUT2D eigenvalue weighted by molar-refractivity contribution is -0.518. The van der Waals surface area contributed by atoms with E-state index in [4.69, 9.17) is 4.74 Å². The van der Waals surface area contributed by atoms with Gasteiger partial charge >= 0.3 is 0 Å². The Morgan fingerprint density at radius 2 is 2.26 bits per heavy atom. The molecule has 8 heteroatoms. The van der Waals surface area contributed by atoms with Crippen molar-refractivity contribution >= 4 is 22.5 Å². The lowest BCUT2D eigenvalue weighted by atomic mass is 10.2. The lowest BCUT2D eigenvalue weighted by Gasteiger charge is -2.12. The SMILES string of the molecule is COc1cc(NNC(=O)CCC(C)[N+](=O)[O-])c2ncccc2c1. The molecule has 1 atom stereocenters. The normalized spacial score (nSPS) is 11.7. The average molecular weight is 318 g/mol. The second kappa shape index (κ2) is 7.39. The van der Waals surface area contributed by atoms with Crippen molar-refractivity contribution in [2.45, 2.75) is 25.8 Å². The molecule has 1 aromatic heterocycles. The van der Waals surface area contributed by atoms with Crippen molar-refractivity contribution in [1.82, 2.24) is 10.4 Å². The van der Waals surface area contributed by atoms with Crippen LogP contribution in [0, 0.1) is 10.1 Å². The Labute approximate surface area is 133 Å². The van der Waals surface area contributed by atoms with E-state index in [1.807, 2.05) is 18.2 Å². The van der Waals surface area contributed by atoms with Crippen LogP contribution in [0.5, 0.6) is 5.75 Å². The molecule has 122 valence electrons. The Morgan fingerprint density at radius 1 is 1.48 bits per heavy atom. The van der Waals surface area contributed by atoms with Crippen molar-refractivity contribution < 1.29 is 14.5 Å². The van der Waals surface area contributed by atoms with Gasteiger partial charge in [0.15, 0.2) is 0 Å². The van der Waals surface area contributed by atoms with Gasteiger partial charge in [0, 0.05) is 42.3 Å². The van der Waals surface area contributed by atoms with Gasteiger partial charge in [0.2, 0.25) is 11.9 Å². The number of benzene rings is 1. The largest absolute Gasteiger partial charge is 0.497 e. The molecule has 0 fully saturated rings. The summed E-state index contributed by atoms with van der Waals surface area (Å²) >= 11 is 0. The Balaban J connectivity index is 2.04. The van der Waals surface area contributed by atoms with Crippen LogP contribution in [0.15, 0.2) is 30.5 Å². The number of amides is 1. The van der Waals surface area contributed by atoms with Gasteiger partial charge in [-0.2, -0.15) is 0 Å². The van der Waals surface area contributed by atoms with Crippen LogP contribution in [-0.4, -0.2) is 29.0 Å². The maximum absolute atomic E-state index is 11.8. The fraction of sp³-hybridized carbons (Fsp3) is 0.333. The molecule has 8 nitrogen and oxygen atoms in total. The molecule has 0 aliphatic heterocycles. The number of rotatable bonds is 7. The Hall–Kier alpha value is -2.90. The molecule has 1 heterocycles. The first-order chi connectivity index (χ1) is 11.0. The van der Waals surface area contributed by atoms with E-state index in [9.17, 15) is 14.9 Å². The number of methoxy groups -OCH3 is 1. The van der Waals surface area contributed by atoms with Crippen LogP contribution in [0.3, 0.4) is 0 Å². The summed E-state index contributed by atoms with van der Waals surface area (Å²) in [5.41, 5.74) is 6.61. The number of nitrogens with one attached hydrogen (secondary N) is 2. The summed E-state index contributed by atoms with van der Waals surface area (Å²) in [6.07, 6.45) is 1.89. The molecule has 0 bridgehead atoms. The zero-order valence-electron chi connectivity index (χ0n) is 12.9. The number of carbonyl (C=O) groups is 1. The summed E-state index contributed by atoms with van der Waals surface area (Å²) in [5.74, 6) is 0.301. The van der Waals surface area contributed by atoms with Crippen LogP contribution in [0.1, 0.15) is 19.8 Å². The van der Waals surface area contributed by atoms with Gasteiger partial charge in [0.1, 0.15) is 5.75 Å². The van der Waals surface area contributed by atoms with Gasteiger partial charge in [-0.15, -0.1) is 0 Å². The molecule has 0 saturated heterocycles. The number of pyridine rings is 1. The predicted octanol–water partition coefficient (Wildman–Crippen LogP) is 2.13. The van der Waals surface area contributed by atoms with E-state index in [1.165, 1.54) is 6.92 Å². The Morgan fingerprint density at radius 3 is 2.96 bits per heavy atom. The topological polar surface area (TPSA) is 106 Å². The standard InChI is InChI=1S/C15H18N4O4/c1-10(19(21)22)5-6-14(20)18-17-13-9-12(23-2)8-11-4-3-7-16-15(11)13/h3-4,7-10,17H,5-6H2,1-2H3,(H,18,20). The minimum Gasteiger partial charge on any atom is -0.497 e. The van der Waals surface area contributed by atoms with E-state index in [1.54, 1.807) is 19.4 Å². The summed E-state index contributed by atoms with van der Waals surface area (Å²) in [7, 11) is 1.55. The van der Waals surface area contributed by atoms with Crippen LogP contribution >= 0.6 is 0 Å². The number of hydrogen-bond donors (Lipinski definition) is 2. The molecule has 0 aliphatic carbocycles. The number of anilines is 1. The highest BCUT2D eigenvalue weighted by atomic mass is 16.6. The van der Waals surface area contributed by atoms with Crippen molar-refractivity contribution in [2.75, 3.05) is 12.5 Å². The van der Waals surface area contributed by atoms with Gasteiger partial charge in [-0.3, -0.25) is 30.7 Å². The first-order valence-electron chi connectivity index (χ1n) is 7.12. The average Bonchev–Trinajstić information content (AvgIpc) is 2.56. The number of hydrazine groups is 1. The third-order valence-electron chi connectivity index (χ3n) is 3.40. The molecular weight excluding hydrogens is 300 g/mol. The van der Waals surface area contributed by atoms with Gasteiger partial charge < -0.3 is 4.74 Å². The quantitative estimate of drug-likeness (QED) is 0.598. The van der Waals surface area contributed by atoms with Gasteiger partial charge in [-0.25, -0.2) is 0 Å². The Kier molecular flexibility index (Phi) is 5.29.